The minimum absolute atomic E-state index is 0. The van der Waals surface area contributed by atoms with Crippen LogP contribution in [-0.4, -0.2) is 49.5 Å². The van der Waals surface area contributed by atoms with Crippen molar-refractivity contribution in [2.24, 2.45) is 5.41 Å². The zero-order valence-corrected chi connectivity index (χ0v) is 16.3. The molecule has 1 aliphatic heterocycles. The largest absolute Gasteiger partial charge is 0.384 e. The molecule has 1 aromatic heterocycles. The molecule has 0 spiro atoms. The second kappa shape index (κ2) is 9.37. The minimum atomic E-state index is -0.155. The van der Waals surface area contributed by atoms with Gasteiger partial charge >= 0.3 is 0 Å². The maximum absolute atomic E-state index is 12.7. The molecule has 8 heteroatoms. The van der Waals surface area contributed by atoms with Crippen LogP contribution in [0.15, 0.2) is 30.5 Å². The van der Waals surface area contributed by atoms with E-state index in [1.165, 1.54) is 0 Å². The minimum Gasteiger partial charge on any atom is -0.384 e. The number of nitrogens with zero attached hydrogens (tertiary/aromatic N) is 1. The summed E-state index contributed by atoms with van der Waals surface area (Å²) >= 11 is 6.25. The van der Waals surface area contributed by atoms with Crippen LogP contribution in [0.25, 0.3) is 11.3 Å². The van der Waals surface area contributed by atoms with Crippen LogP contribution in [-0.2, 0) is 4.74 Å². The van der Waals surface area contributed by atoms with E-state index < -0.39 is 0 Å². The Hall–Kier alpha value is -1.60. The molecular weight excluding hydrogens is 375 g/mol. The van der Waals surface area contributed by atoms with E-state index >= 15 is 0 Å². The third-order valence-electron chi connectivity index (χ3n) is 4.77. The third-order valence-corrected chi connectivity index (χ3v) is 5.10. The number of benzene rings is 1. The molecule has 26 heavy (non-hydrogen) atoms. The lowest BCUT2D eigenvalue weighted by Gasteiger charge is -2.37. The van der Waals surface area contributed by atoms with Crippen molar-refractivity contribution in [3.63, 3.8) is 0 Å². The first-order chi connectivity index (χ1) is 12.2. The van der Waals surface area contributed by atoms with Gasteiger partial charge < -0.3 is 15.4 Å². The van der Waals surface area contributed by atoms with Gasteiger partial charge in [0.05, 0.1) is 24.1 Å². The Bertz CT molecular complexity index is 724. The van der Waals surface area contributed by atoms with Gasteiger partial charge in [-0.2, -0.15) is 5.10 Å². The van der Waals surface area contributed by atoms with E-state index in [0.717, 1.165) is 31.5 Å². The summed E-state index contributed by atoms with van der Waals surface area (Å²) in [4.78, 5) is 12.7. The van der Waals surface area contributed by atoms with Crippen molar-refractivity contribution in [1.82, 2.24) is 20.8 Å². The van der Waals surface area contributed by atoms with Gasteiger partial charge in [0.2, 0.25) is 0 Å². The maximum atomic E-state index is 12.7. The van der Waals surface area contributed by atoms with Crippen molar-refractivity contribution in [3.05, 3.63) is 41.0 Å². The summed E-state index contributed by atoms with van der Waals surface area (Å²) in [5, 5.41) is 13.9. The molecule has 6 nitrogen and oxygen atoms in total. The molecule has 2 heterocycles. The molecule has 0 aliphatic carbocycles. The summed E-state index contributed by atoms with van der Waals surface area (Å²) in [6, 6.07) is 7.40. The van der Waals surface area contributed by atoms with E-state index in [0.29, 0.717) is 29.4 Å². The number of methoxy groups -OCH3 is 1. The summed E-state index contributed by atoms with van der Waals surface area (Å²) < 4.78 is 5.40. The molecule has 142 valence electrons. The number of amides is 1. The molecule has 0 bridgehead atoms. The molecule has 1 saturated heterocycles. The van der Waals surface area contributed by atoms with Crippen molar-refractivity contribution >= 4 is 29.9 Å². The Kier molecular flexibility index (Phi) is 7.46. The number of hydrogen-bond donors (Lipinski definition) is 3. The van der Waals surface area contributed by atoms with E-state index in [9.17, 15) is 4.79 Å². The summed E-state index contributed by atoms with van der Waals surface area (Å²) in [6.07, 6.45) is 3.49. The van der Waals surface area contributed by atoms with Gasteiger partial charge in [-0.15, -0.1) is 12.4 Å². The van der Waals surface area contributed by atoms with Crippen molar-refractivity contribution in [3.8, 4) is 11.3 Å². The highest BCUT2D eigenvalue weighted by atomic mass is 35.5. The molecule has 3 N–H and O–H groups in total. The molecule has 1 aromatic carbocycles. The molecular formula is C18H24Cl2N4O2. The lowest BCUT2D eigenvalue weighted by molar-refractivity contribution is 0.0512. The molecule has 0 radical (unpaired) electrons. The normalized spacial score (nSPS) is 15.9. The van der Waals surface area contributed by atoms with Gasteiger partial charge in [0.15, 0.2) is 0 Å². The molecule has 1 amide bonds. The maximum Gasteiger partial charge on any atom is 0.255 e. The van der Waals surface area contributed by atoms with Crippen molar-refractivity contribution in [2.75, 3.05) is 33.4 Å². The second-order valence-corrected chi connectivity index (χ2v) is 6.91. The Morgan fingerprint density at radius 2 is 2.08 bits per heavy atom. The number of aromatic nitrogens is 2. The smallest absolute Gasteiger partial charge is 0.255 e. The molecule has 0 saturated carbocycles. The van der Waals surface area contributed by atoms with Gasteiger partial charge in [0.25, 0.3) is 5.91 Å². The number of piperidine rings is 1. The van der Waals surface area contributed by atoms with E-state index in [4.69, 9.17) is 16.3 Å². The highest BCUT2D eigenvalue weighted by Crippen LogP contribution is 2.30. The predicted octanol–water partition coefficient (Wildman–Crippen LogP) is 2.90. The van der Waals surface area contributed by atoms with Crippen LogP contribution < -0.4 is 10.6 Å². The van der Waals surface area contributed by atoms with Crippen LogP contribution in [0, 0.1) is 5.41 Å². The first-order valence-corrected chi connectivity index (χ1v) is 8.79. The van der Waals surface area contributed by atoms with Crippen LogP contribution in [0.4, 0.5) is 0 Å². The summed E-state index contributed by atoms with van der Waals surface area (Å²) in [5.41, 5.74) is 1.87. The number of ether oxygens (including phenoxy) is 1. The first kappa shape index (κ1) is 20.7. The number of carbonyl (C=O) groups is 1. The quantitative estimate of drug-likeness (QED) is 0.698. The van der Waals surface area contributed by atoms with Crippen LogP contribution in [0.2, 0.25) is 5.02 Å². The Morgan fingerprint density at radius 3 is 2.77 bits per heavy atom. The number of nitrogens with one attached hydrogen (secondary N) is 3. The van der Waals surface area contributed by atoms with E-state index in [1.54, 1.807) is 19.4 Å². The Morgan fingerprint density at radius 1 is 1.35 bits per heavy atom. The average molecular weight is 399 g/mol. The Labute approximate surface area is 164 Å². The number of H-pyrrole nitrogens is 1. The average Bonchev–Trinajstić information content (AvgIpc) is 3.11. The highest BCUT2D eigenvalue weighted by molar-refractivity contribution is 6.33. The van der Waals surface area contributed by atoms with Crippen molar-refractivity contribution in [2.45, 2.75) is 12.8 Å². The zero-order valence-electron chi connectivity index (χ0n) is 14.7. The standard InChI is InChI=1S/C18H23ClN4O2.ClH/c1-25-12-18(6-8-20-9-7-18)11-21-17(24)14-10-22-23-16(14)13-4-2-3-5-15(13)19;/h2-5,10,20H,6-9,11-12H2,1H3,(H,21,24)(H,22,23);1H. The topological polar surface area (TPSA) is 79.0 Å². The monoisotopic (exact) mass is 398 g/mol. The molecule has 3 rings (SSSR count). The predicted molar refractivity (Wildman–Crippen MR) is 105 cm³/mol. The summed E-state index contributed by atoms with van der Waals surface area (Å²) in [6.45, 7) is 3.10. The van der Waals surface area contributed by atoms with Crippen LogP contribution in [0.3, 0.4) is 0 Å². The summed E-state index contributed by atoms with van der Waals surface area (Å²) in [5.74, 6) is -0.155. The van der Waals surface area contributed by atoms with E-state index in [2.05, 4.69) is 20.8 Å². The first-order valence-electron chi connectivity index (χ1n) is 8.41. The van der Waals surface area contributed by atoms with Gasteiger partial charge in [0.1, 0.15) is 0 Å². The number of aromatic amines is 1. The van der Waals surface area contributed by atoms with Crippen molar-refractivity contribution in [1.29, 1.82) is 0 Å². The van der Waals surface area contributed by atoms with Crippen LogP contribution in [0.1, 0.15) is 23.2 Å². The summed E-state index contributed by atoms with van der Waals surface area (Å²) in [7, 11) is 1.71. The zero-order chi connectivity index (χ0) is 17.7. The third kappa shape index (κ3) is 4.57. The number of carbonyl (C=O) groups excluding carboxylic acids is 1. The number of rotatable bonds is 6. The van der Waals surface area contributed by atoms with Gasteiger partial charge in [-0.25, -0.2) is 0 Å². The van der Waals surface area contributed by atoms with Crippen LogP contribution >= 0.6 is 24.0 Å². The fraction of sp³-hybridized carbons (Fsp3) is 0.444. The van der Waals surface area contributed by atoms with Gasteiger partial charge in [0, 0.05) is 29.7 Å². The molecule has 1 fully saturated rings. The number of hydrogen-bond acceptors (Lipinski definition) is 4. The van der Waals surface area contributed by atoms with Gasteiger partial charge in [-0.3, -0.25) is 9.89 Å². The second-order valence-electron chi connectivity index (χ2n) is 6.50. The lowest BCUT2D eigenvalue weighted by Crippen LogP contribution is -2.47. The fourth-order valence-electron chi connectivity index (χ4n) is 3.33. The van der Waals surface area contributed by atoms with E-state index in [-0.39, 0.29) is 23.7 Å². The molecule has 1 aliphatic rings. The fourth-order valence-corrected chi connectivity index (χ4v) is 3.56. The SMILES string of the molecule is COCC1(CNC(=O)c2cn[nH]c2-c2ccccc2Cl)CCNCC1.Cl. The lowest BCUT2D eigenvalue weighted by atomic mass is 9.79. The van der Waals surface area contributed by atoms with Crippen LogP contribution in [0.5, 0.6) is 0 Å². The van der Waals surface area contributed by atoms with E-state index in [1.807, 2.05) is 18.2 Å². The van der Waals surface area contributed by atoms with Crippen molar-refractivity contribution < 1.29 is 9.53 Å². The highest BCUT2D eigenvalue weighted by Gasteiger charge is 2.33. The van der Waals surface area contributed by atoms with Gasteiger partial charge in [-0.05, 0) is 32.0 Å². The molecule has 0 unspecified atom stereocenters. The van der Waals surface area contributed by atoms with Gasteiger partial charge in [-0.1, -0.05) is 29.8 Å². The Balaban J connectivity index is 0.00000243. The number of halogens is 2. The molecule has 2 aromatic rings. The molecule has 0 atom stereocenters.